The molecule has 0 fully saturated rings. The number of hydrazine groups is 1. The maximum atomic E-state index is 13.1. The molecule has 1 aromatic heterocycles. The second-order valence-corrected chi connectivity index (χ2v) is 6.40. The van der Waals surface area contributed by atoms with E-state index < -0.39 is 0 Å². The quantitative estimate of drug-likeness (QED) is 0.630. The Hall–Kier alpha value is -1.23. The first kappa shape index (κ1) is 15.2. The molecule has 20 heavy (non-hydrogen) atoms. The van der Waals surface area contributed by atoms with Gasteiger partial charge < -0.3 is 0 Å². The molecule has 4 heteroatoms. The predicted molar refractivity (Wildman–Crippen MR) is 83.2 cm³/mol. The van der Waals surface area contributed by atoms with E-state index >= 15 is 0 Å². The molecule has 0 radical (unpaired) electrons. The second-order valence-electron chi connectivity index (χ2n) is 5.62. The first-order valence-corrected chi connectivity index (χ1v) is 7.71. The van der Waals surface area contributed by atoms with Crippen LogP contribution >= 0.6 is 11.3 Å². The number of aryl methyl sites for hydroxylation is 1. The van der Waals surface area contributed by atoms with Gasteiger partial charge in [-0.1, -0.05) is 26.0 Å². The molecule has 0 bridgehead atoms. The molecule has 0 saturated heterocycles. The number of halogens is 1. The van der Waals surface area contributed by atoms with Crippen LogP contribution in [0.2, 0.25) is 0 Å². The van der Waals surface area contributed by atoms with Gasteiger partial charge in [0.1, 0.15) is 5.82 Å². The van der Waals surface area contributed by atoms with E-state index in [1.165, 1.54) is 17.7 Å². The van der Waals surface area contributed by atoms with E-state index in [4.69, 9.17) is 5.84 Å². The highest BCUT2D eigenvalue weighted by Gasteiger charge is 2.30. The van der Waals surface area contributed by atoms with Crippen LogP contribution in [-0.4, -0.2) is 6.04 Å². The zero-order valence-electron chi connectivity index (χ0n) is 11.9. The molecule has 0 amide bonds. The molecule has 1 aromatic carbocycles. The monoisotopic (exact) mass is 292 g/mol. The van der Waals surface area contributed by atoms with Gasteiger partial charge in [0.05, 0.1) is 0 Å². The molecule has 0 saturated carbocycles. The van der Waals surface area contributed by atoms with Crippen molar-refractivity contribution >= 4 is 11.3 Å². The van der Waals surface area contributed by atoms with Gasteiger partial charge in [-0.2, -0.15) is 11.3 Å². The molecule has 1 atom stereocenters. The lowest BCUT2D eigenvalue weighted by Gasteiger charge is -2.34. The van der Waals surface area contributed by atoms with E-state index in [-0.39, 0.29) is 17.3 Å². The van der Waals surface area contributed by atoms with Crippen molar-refractivity contribution in [1.82, 2.24) is 5.43 Å². The van der Waals surface area contributed by atoms with Crippen LogP contribution in [0.1, 0.15) is 31.4 Å². The topological polar surface area (TPSA) is 38.0 Å². The van der Waals surface area contributed by atoms with Gasteiger partial charge in [0, 0.05) is 11.5 Å². The average molecular weight is 292 g/mol. The first-order chi connectivity index (χ1) is 9.54. The number of nitrogens with two attached hydrogens (primary N) is 1. The molecule has 0 aliphatic heterocycles. The number of thiophene rings is 1. The van der Waals surface area contributed by atoms with E-state index in [1.807, 2.05) is 12.1 Å². The Bertz CT molecular complexity index is 520. The van der Waals surface area contributed by atoms with E-state index in [9.17, 15) is 4.39 Å². The van der Waals surface area contributed by atoms with E-state index in [0.717, 1.165) is 18.4 Å². The molecule has 0 aliphatic rings. The fraction of sp³-hybridized carbons (Fsp3) is 0.375. The highest BCUT2D eigenvalue weighted by Crippen LogP contribution is 2.29. The molecule has 0 spiro atoms. The third kappa shape index (κ3) is 3.45. The molecule has 0 aliphatic carbocycles. The Balaban J connectivity index is 2.10. The number of hydrogen-bond donors (Lipinski definition) is 2. The van der Waals surface area contributed by atoms with Crippen LogP contribution in [0, 0.1) is 5.82 Å². The Labute approximate surface area is 123 Å². The minimum Gasteiger partial charge on any atom is -0.271 e. The summed E-state index contributed by atoms with van der Waals surface area (Å²) in [6.45, 7) is 4.27. The van der Waals surface area contributed by atoms with Crippen molar-refractivity contribution in [1.29, 1.82) is 0 Å². The van der Waals surface area contributed by atoms with Gasteiger partial charge in [0.25, 0.3) is 0 Å². The van der Waals surface area contributed by atoms with Gasteiger partial charge in [-0.15, -0.1) is 0 Å². The summed E-state index contributed by atoms with van der Waals surface area (Å²) in [5.74, 6) is 5.54. The maximum absolute atomic E-state index is 13.1. The molecule has 2 aromatic rings. The predicted octanol–water partition coefficient (Wildman–Crippen LogP) is 3.63. The zero-order valence-corrected chi connectivity index (χ0v) is 12.7. The Morgan fingerprint density at radius 3 is 2.50 bits per heavy atom. The zero-order chi connectivity index (χ0) is 14.6. The standard InChI is InChI=1S/C16H21FN2S/c1-16(2,13-4-6-14(17)7-5-13)15(19-18)8-3-12-9-10-20-11-12/h4-7,9-11,15,19H,3,8,18H2,1-2H3. The van der Waals surface area contributed by atoms with Crippen molar-refractivity contribution in [2.24, 2.45) is 5.84 Å². The molecule has 1 heterocycles. The lowest BCUT2D eigenvalue weighted by Crippen LogP contribution is -2.48. The smallest absolute Gasteiger partial charge is 0.123 e. The largest absolute Gasteiger partial charge is 0.271 e. The van der Waals surface area contributed by atoms with E-state index in [0.29, 0.717) is 0 Å². The summed E-state index contributed by atoms with van der Waals surface area (Å²) in [6.07, 6.45) is 1.93. The Kier molecular flexibility index (Phi) is 4.91. The van der Waals surface area contributed by atoms with Crippen molar-refractivity contribution in [2.75, 3.05) is 0 Å². The first-order valence-electron chi connectivity index (χ1n) is 6.77. The fourth-order valence-corrected chi connectivity index (χ4v) is 3.18. The Morgan fingerprint density at radius 2 is 1.95 bits per heavy atom. The van der Waals surface area contributed by atoms with Crippen LogP contribution in [0.3, 0.4) is 0 Å². The normalized spacial score (nSPS) is 13.4. The lowest BCUT2D eigenvalue weighted by atomic mass is 9.76. The number of hydrogen-bond acceptors (Lipinski definition) is 3. The highest BCUT2D eigenvalue weighted by atomic mass is 32.1. The summed E-state index contributed by atoms with van der Waals surface area (Å²) in [6, 6.07) is 8.96. The van der Waals surface area contributed by atoms with Crippen molar-refractivity contribution in [3.63, 3.8) is 0 Å². The SMILES string of the molecule is CC(C)(c1ccc(F)cc1)C(CCc1ccsc1)NN. The molecule has 3 N–H and O–H groups in total. The molecule has 108 valence electrons. The summed E-state index contributed by atoms with van der Waals surface area (Å²) in [4.78, 5) is 0. The Morgan fingerprint density at radius 1 is 1.25 bits per heavy atom. The highest BCUT2D eigenvalue weighted by molar-refractivity contribution is 7.07. The van der Waals surface area contributed by atoms with Crippen molar-refractivity contribution in [2.45, 2.75) is 38.1 Å². The van der Waals surface area contributed by atoms with Gasteiger partial charge in [-0.25, -0.2) is 4.39 Å². The minimum atomic E-state index is -0.208. The molecule has 2 rings (SSSR count). The van der Waals surface area contributed by atoms with Crippen LogP contribution in [-0.2, 0) is 11.8 Å². The van der Waals surface area contributed by atoms with E-state index in [2.05, 4.69) is 36.1 Å². The number of rotatable bonds is 6. The van der Waals surface area contributed by atoms with Gasteiger partial charge in [-0.05, 0) is 52.9 Å². The van der Waals surface area contributed by atoms with Crippen LogP contribution in [0.15, 0.2) is 41.1 Å². The molecular weight excluding hydrogens is 271 g/mol. The second kappa shape index (κ2) is 6.48. The van der Waals surface area contributed by atoms with Crippen LogP contribution in [0.25, 0.3) is 0 Å². The maximum Gasteiger partial charge on any atom is 0.123 e. The van der Waals surface area contributed by atoms with Crippen LogP contribution in [0.4, 0.5) is 4.39 Å². The van der Waals surface area contributed by atoms with Crippen LogP contribution in [0.5, 0.6) is 0 Å². The summed E-state index contributed by atoms with van der Waals surface area (Å²) in [5.41, 5.74) is 5.20. The van der Waals surface area contributed by atoms with Crippen molar-refractivity contribution in [3.8, 4) is 0 Å². The van der Waals surface area contributed by atoms with Gasteiger partial charge in [0.2, 0.25) is 0 Å². The molecule has 1 unspecified atom stereocenters. The third-order valence-corrected chi connectivity index (χ3v) is 4.69. The van der Waals surface area contributed by atoms with Gasteiger partial charge in [-0.3, -0.25) is 11.3 Å². The molecular formula is C16H21FN2S. The molecule has 2 nitrogen and oxygen atoms in total. The number of nitrogens with one attached hydrogen (secondary N) is 1. The third-order valence-electron chi connectivity index (χ3n) is 3.96. The van der Waals surface area contributed by atoms with Crippen molar-refractivity contribution < 1.29 is 4.39 Å². The van der Waals surface area contributed by atoms with Crippen molar-refractivity contribution in [3.05, 3.63) is 58.0 Å². The fourth-order valence-electron chi connectivity index (χ4n) is 2.48. The average Bonchev–Trinajstić information content (AvgIpc) is 2.93. The van der Waals surface area contributed by atoms with Crippen LogP contribution < -0.4 is 11.3 Å². The summed E-state index contributed by atoms with van der Waals surface area (Å²) >= 11 is 1.71. The lowest BCUT2D eigenvalue weighted by molar-refractivity contribution is 0.326. The summed E-state index contributed by atoms with van der Waals surface area (Å²) in [7, 11) is 0. The summed E-state index contributed by atoms with van der Waals surface area (Å²) in [5, 5.41) is 4.25. The minimum absolute atomic E-state index is 0.132. The summed E-state index contributed by atoms with van der Waals surface area (Å²) < 4.78 is 13.1. The van der Waals surface area contributed by atoms with Gasteiger partial charge in [0.15, 0.2) is 0 Å². The van der Waals surface area contributed by atoms with E-state index in [1.54, 1.807) is 11.3 Å². The van der Waals surface area contributed by atoms with Gasteiger partial charge >= 0.3 is 0 Å². The number of benzene rings is 1.